The molecule has 0 aliphatic rings. The van der Waals surface area contributed by atoms with E-state index in [2.05, 4.69) is 19.8 Å². The molecule has 0 atom stereocenters. The van der Waals surface area contributed by atoms with Gasteiger partial charge in [-0.15, -0.1) is 0 Å². The van der Waals surface area contributed by atoms with Gasteiger partial charge in [0.25, 0.3) is 0 Å². The molecule has 0 bridgehead atoms. The molecule has 2 heterocycles. The standard InChI is InChI=1S/C13H8F3N3O2/c14-13(15,16)12-17-11(19-21-12)9-3-1-8(2-4-9)7-10-5-6-20-18-10/h1-6H,7H2. The number of nitrogens with zero attached hydrogens (tertiary/aromatic N) is 3. The van der Waals surface area contributed by atoms with Gasteiger partial charge < -0.3 is 9.05 Å². The molecule has 0 saturated carbocycles. The lowest BCUT2D eigenvalue weighted by molar-refractivity contribution is -0.159. The molecule has 0 aliphatic heterocycles. The summed E-state index contributed by atoms with van der Waals surface area (Å²) in [7, 11) is 0. The molecule has 8 heteroatoms. The predicted octanol–water partition coefficient (Wildman–Crippen LogP) is 3.33. The molecule has 0 unspecified atom stereocenters. The molecule has 21 heavy (non-hydrogen) atoms. The molecular weight excluding hydrogens is 287 g/mol. The second kappa shape index (κ2) is 5.04. The maximum atomic E-state index is 12.4. The second-order valence-corrected chi connectivity index (χ2v) is 4.29. The summed E-state index contributed by atoms with van der Waals surface area (Å²) in [6.45, 7) is 0. The first-order valence-electron chi connectivity index (χ1n) is 5.92. The maximum absolute atomic E-state index is 12.4. The Morgan fingerprint density at radius 2 is 1.76 bits per heavy atom. The molecule has 0 N–H and O–H groups in total. The van der Waals surface area contributed by atoms with Crippen molar-refractivity contribution in [3.8, 4) is 11.4 Å². The van der Waals surface area contributed by atoms with Crippen LogP contribution in [0.2, 0.25) is 0 Å². The summed E-state index contributed by atoms with van der Waals surface area (Å²) in [5.41, 5.74) is 2.15. The summed E-state index contributed by atoms with van der Waals surface area (Å²) in [6.07, 6.45) is -2.60. The normalized spacial score (nSPS) is 11.8. The Bertz CT molecular complexity index is 718. The van der Waals surface area contributed by atoms with E-state index >= 15 is 0 Å². The van der Waals surface area contributed by atoms with E-state index in [4.69, 9.17) is 4.52 Å². The van der Waals surface area contributed by atoms with Gasteiger partial charge in [-0.2, -0.15) is 18.2 Å². The third-order valence-corrected chi connectivity index (χ3v) is 2.76. The molecule has 2 aromatic heterocycles. The van der Waals surface area contributed by atoms with Gasteiger partial charge >= 0.3 is 12.1 Å². The van der Waals surface area contributed by atoms with Crippen LogP contribution in [0.25, 0.3) is 11.4 Å². The zero-order valence-electron chi connectivity index (χ0n) is 10.5. The van der Waals surface area contributed by atoms with Crippen LogP contribution in [0.1, 0.15) is 17.1 Å². The molecule has 108 valence electrons. The first kappa shape index (κ1) is 13.3. The van der Waals surface area contributed by atoms with E-state index in [1.165, 1.54) is 6.26 Å². The Kier molecular flexibility index (Phi) is 3.20. The van der Waals surface area contributed by atoms with Gasteiger partial charge in [0.1, 0.15) is 6.26 Å². The molecule has 5 nitrogen and oxygen atoms in total. The lowest BCUT2D eigenvalue weighted by atomic mass is 10.1. The quantitative estimate of drug-likeness (QED) is 0.741. The van der Waals surface area contributed by atoms with E-state index < -0.39 is 12.1 Å². The van der Waals surface area contributed by atoms with E-state index in [0.29, 0.717) is 12.0 Å². The van der Waals surface area contributed by atoms with Crippen molar-refractivity contribution < 1.29 is 22.2 Å². The molecular formula is C13H8F3N3O2. The smallest absolute Gasteiger partial charge is 0.365 e. The number of halogens is 3. The predicted molar refractivity (Wildman–Crippen MR) is 64.0 cm³/mol. The highest BCUT2D eigenvalue weighted by atomic mass is 19.4. The molecule has 0 radical (unpaired) electrons. The van der Waals surface area contributed by atoms with Gasteiger partial charge in [-0.1, -0.05) is 34.6 Å². The lowest BCUT2D eigenvalue weighted by Gasteiger charge is -1.99. The van der Waals surface area contributed by atoms with Crippen LogP contribution in [0.3, 0.4) is 0 Å². The highest BCUT2D eigenvalue weighted by molar-refractivity contribution is 5.54. The number of rotatable bonds is 3. The van der Waals surface area contributed by atoms with Crippen molar-refractivity contribution >= 4 is 0 Å². The Morgan fingerprint density at radius 1 is 1.00 bits per heavy atom. The third-order valence-electron chi connectivity index (χ3n) is 2.76. The average molecular weight is 295 g/mol. The van der Waals surface area contributed by atoms with E-state index in [1.807, 2.05) is 0 Å². The van der Waals surface area contributed by atoms with Gasteiger partial charge in [-0.3, -0.25) is 0 Å². The van der Waals surface area contributed by atoms with Crippen LogP contribution < -0.4 is 0 Å². The highest BCUT2D eigenvalue weighted by Gasteiger charge is 2.38. The number of aromatic nitrogens is 3. The molecule has 0 amide bonds. The fourth-order valence-electron chi connectivity index (χ4n) is 1.77. The number of benzene rings is 1. The van der Waals surface area contributed by atoms with Crippen molar-refractivity contribution in [3.63, 3.8) is 0 Å². The Labute approximate surface area is 116 Å². The van der Waals surface area contributed by atoms with Gasteiger partial charge in [0.05, 0.1) is 5.69 Å². The molecule has 0 saturated heterocycles. The minimum Gasteiger partial charge on any atom is -0.365 e. The fourth-order valence-corrected chi connectivity index (χ4v) is 1.77. The van der Waals surface area contributed by atoms with Crippen LogP contribution in [0.4, 0.5) is 13.2 Å². The van der Waals surface area contributed by atoms with Gasteiger partial charge in [0, 0.05) is 18.1 Å². The summed E-state index contributed by atoms with van der Waals surface area (Å²) in [6, 6.07) is 8.50. The van der Waals surface area contributed by atoms with Crippen LogP contribution in [-0.4, -0.2) is 15.3 Å². The first-order chi connectivity index (χ1) is 10.0. The van der Waals surface area contributed by atoms with Crippen LogP contribution in [0.5, 0.6) is 0 Å². The van der Waals surface area contributed by atoms with Crippen molar-refractivity contribution in [2.75, 3.05) is 0 Å². The van der Waals surface area contributed by atoms with Crippen molar-refractivity contribution in [2.24, 2.45) is 0 Å². The van der Waals surface area contributed by atoms with Gasteiger partial charge in [-0.25, -0.2) is 0 Å². The van der Waals surface area contributed by atoms with Gasteiger partial charge in [0.15, 0.2) is 0 Å². The summed E-state index contributed by atoms with van der Waals surface area (Å²) >= 11 is 0. The first-order valence-corrected chi connectivity index (χ1v) is 5.92. The van der Waals surface area contributed by atoms with Crippen LogP contribution in [-0.2, 0) is 12.6 Å². The fraction of sp³-hybridized carbons (Fsp3) is 0.154. The lowest BCUT2D eigenvalue weighted by Crippen LogP contribution is -2.04. The zero-order chi connectivity index (χ0) is 14.9. The summed E-state index contributed by atoms with van der Waals surface area (Å²) < 4.78 is 46.1. The molecule has 0 aliphatic carbocycles. The number of hydrogen-bond acceptors (Lipinski definition) is 5. The monoisotopic (exact) mass is 295 g/mol. The Balaban J connectivity index is 1.79. The van der Waals surface area contributed by atoms with Crippen LogP contribution in [0.15, 0.2) is 45.6 Å². The van der Waals surface area contributed by atoms with E-state index in [0.717, 1.165) is 11.3 Å². The zero-order valence-corrected chi connectivity index (χ0v) is 10.5. The summed E-state index contributed by atoms with van der Waals surface area (Å²) in [5, 5.41) is 7.11. The Morgan fingerprint density at radius 3 is 2.33 bits per heavy atom. The second-order valence-electron chi connectivity index (χ2n) is 4.29. The van der Waals surface area contributed by atoms with Crippen LogP contribution in [0, 0.1) is 0 Å². The van der Waals surface area contributed by atoms with Gasteiger partial charge in [-0.05, 0) is 5.56 Å². The average Bonchev–Trinajstić information content (AvgIpc) is 3.09. The summed E-state index contributed by atoms with van der Waals surface area (Å²) in [5.74, 6) is -1.46. The van der Waals surface area contributed by atoms with E-state index in [1.54, 1.807) is 30.3 Å². The third kappa shape index (κ3) is 2.93. The largest absolute Gasteiger partial charge is 0.471 e. The van der Waals surface area contributed by atoms with Crippen molar-refractivity contribution in [1.82, 2.24) is 15.3 Å². The minimum atomic E-state index is -4.64. The van der Waals surface area contributed by atoms with Gasteiger partial charge in [0.2, 0.25) is 5.82 Å². The highest BCUT2D eigenvalue weighted by Crippen LogP contribution is 2.29. The summed E-state index contributed by atoms with van der Waals surface area (Å²) in [4.78, 5) is 3.33. The molecule has 1 aromatic carbocycles. The molecule has 0 spiro atoms. The van der Waals surface area contributed by atoms with Crippen molar-refractivity contribution in [3.05, 3.63) is 53.7 Å². The maximum Gasteiger partial charge on any atom is 0.471 e. The van der Waals surface area contributed by atoms with E-state index in [9.17, 15) is 13.2 Å². The van der Waals surface area contributed by atoms with Crippen LogP contribution >= 0.6 is 0 Å². The van der Waals surface area contributed by atoms with Crippen molar-refractivity contribution in [2.45, 2.75) is 12.6 Å². The molecule has 3 rings (SSSR count). The molecule has 3 aromatic rings. The Hall–Kier alpha value is -2.64. The number of alkyl halides is 3. The van der Waals surface area contributed by atoms with Crippen molar-refractivity contribution in [1.29, 1.82) is 0 Å². The SMILES string of the molecule is FC(F)(F)c1nc(-c2ccc(Cc3ccon3)cc2)no1. The van der Waals surface area contributed by atoms with E-state index in [-0.39, 0.29) is 5.82 Å². The molecule has 0 fully saturated rings. The topological polar surface area (TPSA) is 65.0 Å². The number of hydrogen-bond donors (Lipinski definition) is 0. The minimum absolute atomic E-state index is 0.102.